The highest BCUT2D eigenvalue weighted by atomic mass is 35.5. The van der Waals surface area contributed by atoms with Gasteiger partial charge in [-0.3, -0.25) is 4.79 Å². The molecule has 1 saturated carbocycles. The molecule has 2 atom stereocenters. The Labute approximate surface area is 157 Å². The molecule has 1 fully saturated rings. The Bertz CT molecular complexity index is 701. The van der Waals surface area contributed by atoms with Gasteiger partial charge >= 0.3 is 0 Å². The van der Waals surface area contributed by atoms with Crippen LogP contribution in [0, 0.1) is 5.92 Å². The maximum absolute atomic E-state index is 12.4. The highest BCUT2D eigenvalue weighted by Gasteiger charge is 2.29. The molecule has 25 heavy (non-hydrogen) atoms. The first kappa shape index (κ1) is 19.6. The molecule has 1 aromatic heterocycles. The molecule has 0 saturated heterocycles. The molecule has 3 rings (SSSR count). The lowest BCUT2D eigenvalue weighted by atomic mass is 10.2. The van der Waals surface area contributed by atoms with E-state index in [0.717, 1.165) is 18.4 Å². The zero-order valence-corrected chi connectivity index (χ0v) is 15.5. The minimum Gasteiger partial charge on any atom is -0.353 e. The molecule has 7 nitrogen and oxygen atoms in total. The fraction of sp³-hybridized carbons (Fsp3) is 0.500. The van der Waals surface area contributed by atoms with E-state index in [1.54, 1.807) is 12.1 Å². The largest absolute Gasteiger partial charge is 0.353 e. The predicted molar refractivity (Wildman–Crippen MR) is 98.5 cm³/mol. The van der Waals surface area contributed by atoms with Crippen molar-refractivity contribution in [3.63, 3.8) is 0 Å². The Morgan fingerprint density at radius 3 is 2.68 bits per heavy atom. The Morgan fingerprint density at radius 1 is 1.40 bits per heavy atom. The minimum atomic E-state index is -0.495. The van der Waals surface area contributed by atoms with Gasteiger partial charge in [0.1, 0.15) is 0 Å². The third kappa shape index (κ3) is 4.90. The summed E-state index contributed by atoms with van der Waals surface area (Å²) in [4.78, 5) is 13.8. The fourth-order valence-corrected chi connectivity index (χ4v) is 2.68. The van der Waals surface area contributed by atoms with Crippen molar-refractivity contribution in [1.82, 2.24) is 25.5 Å². The second kappa shape index (κ2) is 8.60. The summed E-state index contributed by atoms with van der Waals surface area (Å²) in [6.45, 7) is 2.40. The van der Waals surface area contributed by atoms with Gasteiger partial charge in [-0.25, -0.2) is 0 Å². The standard InChI is InChI=1S/C16H21ClN6O.ClH/c1-2-14(16(24)19-9-13(18)10-3-4-10)23-21-15(20-22-23)11-5-7-12(17)8-6-11;/h5-8,10,13-14H,2-4,9,18H2,1H3,(H,19,24);1H. The van der Waals surface area contributed by atoms with Crippen LogP contribution in [0.4, 0.5) is 0 Å². The molecule has 136 valence electrons. The summed E-state index contributed by atoms with van der Waals surface area (Å²) in [5.74, 6) is 0.882. The number of halogens is 2. The molecule has 1 heterocycles. The van der Waals surface area contributed by atoms with Crippen LogP contribution in [0.2, 0.25) is 5.02 Å². The maximum Gasteiger partial charge on any atom is 0.246 e. The van der Waals surface area contributed by atoms with Gasteiger partial charge in [-0.05, 0) is 54.7 Å². The SMILES string of the molecule is CCC(C(=O)NCC(N)C1CC1)n1nnc(-c2ccc(Cl)cc2)n1.Cl. The van der Waals surface area contributed by atoms with Gasteiger partial charge in [0.25, 0.3) is 0 Å². The van der Waals surface area contributed by atoms with Crippen molar-refractivity contribution in [1.29, 1.82) is 0 Å². The van der Waals surface area contributed by atoms with Crippen LogP contribution in [0.3, 0.4) is 0 Å². The van der Waals surface area contributed by atoms with E-state index in [2.05, 4.69) is 20.7 Å². The lowest BCUT2D eigenvalue weighted by molar-refractivity contribution is -0.125. The van der Waals surface area contributed by atoms with Crippen molar-refractivity contribution in [2.75, 3.05) is 6.54 Å². The summed E-state index contributed by atoms with van der Waals surface area (Å²) in [6.07, 6.45) is 2.88. The summed E-state index contributed by atoms with van der Waals surface area (Å²) in [5.41, 5.74) is 6.83. The Hall–Kier alpha value is -1.70. The highest BCUT2D eigenvalue weighted by molar-refractivity contribution is 6.30. The first-order valence-electron chi connectivity index (χ1n) is 8.17. The Kier molecular flexibility index (Phi) is 6.75. The predicted octanol–water partition coefficient (Wildman–Crippen LogP) is 2.22. The summed E-state index contributed by atoms with van der Waals surface area (Å²) >= 11 is 5.88. The first-order chi connectivity index (χ1) is 11.6. The zero-order valence-electron chi connectivity index (χ0n) is 13.9. The van der Waals surface area contributed by atoms with Crippen LogP contribution in [0.25, 0.3) is 11.4 Å². The van der Waals surface area contributed by atoms with Gasteiger partial charge in [0.2, 0.25) is 11.7 Å². The minimum absolute atomic E-state index is 0. The number of nitrogens with one attached hydrogen (secondary N) is 1. The third-order valence-corrected chi connectivity index (χ3v) is 4.49. The topological polar surface area (TPSA) is 98.7 Å². The molecule has 0 spiro atoms. The highest BCUT2D eigenvalue weighted by Crippen LogP contribution is 2.31. The van der Waals surface area contributed by atoms with Crippen LogP contribution >= 0.6 is 24.0 Å². The van der Waals surface area contributed by atoms with Gasteiger partial charge in [0, 0.05) is 23.2 Å². The van der Waals surface area contributed by atoms with E-state index >= 15 is 0 Å². The average Bonchev–Trinajstić information content (AvgIpc) is 3.33. The van der Waals surface area contributed by atoms with E-state index in [1.165, 1.54) is 4.80 Å². The van der Waals surface area contributed by atoms with E-state index in [-0.39, 0.29) is 24.4 Å². The number of aromatic nitrogens is 4. The molecule has 0 radical (unpaired) electrons. The monoisotopic (exact) mass is 384 g/mol. The summed E-state index contributed by atoms with van der Waals surface area (Å²) in [5, 5.41) is 15.9. The molecular formula is C16H22Cl2N6O. The fourth-order valence-electron chi connectivity index (χ4n) is 2.55. The van der Waals surface area contributed by atoms with Gasteiger partial charge < -0.3 is 11.1 Å². The van der Waals surface area contributed by atoms with Crippen LogP contribution in [-0.2, 0) is 4.79 Å². The molecule has 0 bridgehead atoms. The summed E-state index contributed by atoms with van der Waals surface area (Å²) < 4.78 is 0. The second-order valence-electron chi connectivity index (χ2n) is 6.11. The molecule has 2 aromatic rings. The Morgan fingerprint density at radius 2 is 2.08 bits per heavy atom. The van der Waals surface area contributed by atoms with Crippen molar-refractivity contribution in [3.8, 4) is 11.4 Å². The number of amides is 1. The van der Waals surface area contributed by atoms with Gasteiger partial charge in [0.15, 0.2) is 6.04 Å². The molecule has 2 unspecified atom stereocenters. The van der Waals surface area contributed by atoms with Gasteiger partial charge in [-0.1, -0.05) is 18.5 Å². The van der Waals surface area contributed by atoms with Crippen molar-refractivity contribution < 1.29 is 4.79 Å². The normalized spacial score (nSPS) is 16.0. The van der Waals surface area contributed by atoms with Gasteiger partial charge in [-0.2, -0.15) is 4.80 Å². The van der Waals surface area contributed by atoms with Crippen molar-refractivity contribution >= 4 is 29.9 Å². The van der Waals surface area contributed by atoms with Gasteiger partial charge in [0.05, 0.1) is 0 Å². The quantitative estimate of drug-likeness (QED) is 0.762. The van der Waals surface area contributed by atoms with Crippen LogP contribution < -0.4 is 11.1 Å². The lowest BCUT2D eigenvalue weighted by Crippen LogP contribution is -2.42. The first-order valence-corrected chi connectivity index (χ1v) is 8.55. The number of hydrogen-bond acceptors (Lipinski definition) is 5. The number of benzene rings is 1. The van der Waals surface area contributed by atoms with E-state index in [1.807, 2.05) is 19.1 Å². The number of hydrogen-bond donors (Lipinski definition) is 2. The summed E-state index contributed by atoms with van der Waals surface area (Å²) in [7, 11) is 0. The van der Waals surface area contributed by atoms with E-state index in [4.69, 9.17) is 17.3 Å². The maximum atomic E-state index is 12.4. The second-order valence-corrected chi connectivity index (χ2v) is 6.55. The lowest BCUT2D eigenvalue weighted by Gasteiger charge is -2.16. The van der Waals surface area contributed by atoms with Gasteiger partial charge in [-0.15, -0.1) is 22.6 Å². The molecule has 1 aromatic carbocycles. The Balaban J connectivity index is 0.00000225. The molecule has 9 heteroatoms. The molecule has 1 aliphatic carbocycles. The molecule has 3 N–H and O–H groups in total. The number of nitrogens with two attached hydrogens (primary N) is 1. The van der Waals surface area contributed by atoms with Crippen LogP contribution in [0.5, 0.6) is 0 Å². The smallest absolute Gasteiger partial charge is 0.246 e. The number of nitrogens with zero attached hydrogens (tertiary/aromatic N) is 4. The zero-order chi connectivity index (χ0) is 17.1. The molecule has 1 aliphatic rings. The molecular weight excluding hydrogens is 363 g/mol. The average molecular weight is 385 g/mol. The van der Waals surface area contributed by atoms with E-state index < -0.39 is 6.04 Å². The van der Waals surface area contributed by atoms with Crippen LogP contribution in [0.15, 0.2) is 24.3 Å². The number of tetrazole rings is 1. The number of carbonyl (C=O) groups is 1. The molecule has 0 aliphatic heterocycles. The van der Waals surface area contributed by atoms with E-state index in [9.17, 15) is 4.79 Å². The third-order valence-electron chi connectivity index (χ3n) is 4.24. The van der Waals surface area contributed by atoms with Crippen LogP contribution in [0.1, 0.15) is 32.2 Å². The van der Waals surface area contributed by atoms with Crippen molar-refractivity contribution in [3.05, 3.63) is 29.3 Å². The number of rotatable bonds is 7. The summed E-state index contributed by atoms with van der Waals surface area (Å²) in [6, 6.07) is 6.70. The van der Waals surface area contributed by atoms with Crippen molar-refractivity contribution in [2.45, 2.75) is 38.3 Å². The van der Waals surface area contributed by atoms with Crippen molar-refractivity contribution in [2.24, 2.45) is 11.7 Å². The molecule has 1 amide bonds. The van der Waals surface area contributed by atoms with E-state index in [0.29, 0.717) is 29.7 Å². The van der Waals surface area contributed by atoms with Crippen LogP contribution in [-0.4, -0.2) is 38.7 Å². The number of carbonyl (C=O) groups excluding carboxylic acids is 1.